The summed E-state index contributed by atoms with van der Waals surface area (Å²) in [4.78, 5) is 23.1. The number of aromatic nitrogens is 2. The maximum atomic E-state index is 12.4. The molecule has 0 radical (unpaired) electrons. The van der Waals surface area contributed by atoms with E-state index in [1.165, 1.54) is 0 Å². The van der Waals surface area contributed by atoms with Gasteiger partial charge in [-0.2, -0.15) is 0 Å². The summed E-state index contributed by atoms with van der Waals surface area (Å²) in [6.07, 6.45) is 5.85. The van der Waals surface area contributed by atoms with Crippen molar-refractivity contribution in [2.75, 3.05) is 24.5 Å². The summed E-state index contributed by atoms with van der Waals surface area (Å²) in [5.74, 6) is -0.200. The zero-order chi connectivity index (χ0) is 19.6. The van der Waals surface area contributed by atoms with Crippen LogP contribution in [0.2, 0.25) is 0 Å². The van der Waals surface area contributed by atoms with Crippen LogP contribution in [-0.4, -0.2) is 46.2 Å². The molecule has 1 amide bonds. The number of pyridine rings is 2. The summed E-state index contributed by atoms with van der Waals surface area (Å²) >= 11 is 0. The summed E-state index contributed by atoms with van der Waals surface area (Å²) in [6, 6.07) is 11.0. The third kappa shape index (κ3) is 3.67. The van der Waals surface area contributed by atoms with Gasteiger partial charge in [-0.05, 0) is 36.2 Å². The van der Waals surface area contributed by atoms with Crippen molar-refractivity contribution in [3.05, 3.63) is 66.1 Å². The van der Waals surface area contributed by atoms with Gasteiger partial charge in [-0.25, -0.2) is 0 Å². The van der Waals surface area contributed by atoms with E-state index in [1.54, 1.807) is 30.7 Å². The van der Waals surface area contributed by atoms with Crippen molar-refractivity contribution in [3.8, 4) is 0 Å². The predicted octanol–water partition coefficient (Wildman–Crippen LogP) is 1.46. The number of aliphatic hydroxyl groups is 1. The fourth-order valence-corrected chi connectivity index (χ4v) is 3.60. The first-order chi connectivity index (χ1) is 13.6. The van der Waals surface area contributed by atoms with E-state index in [-0.39, 0.29) is 12.5 Å². The number of carbonyl (C=O) groups is 1. The summed E-state index contributed by atoms with van der Waals surface area (Å²) in [7, 11) is 0. The highest BCUT2D eigenvalue weighted by Gasteiger charge is 2.37. The molecule has 1 fully saturated rings. The molecular weight excluding hydrogens is 354 g/mol. The molecule has 7 heteroatoms. The summed E-state index contributed by atoms with van der Waals surface area (Å²) in [6.45, 7) is 1.78. The molecule has 144 valence electrons. The van der Waals surface area contributed by atoms with Crippen LogP contribution in [0.5, 0.6) is 0 Å². The van der Waals surface area contributed by atoms with E-state index in [1.807, 2.05) is 24.3 Å². The van der Waals surface area contributed by atoms with Crippen LogP contribution in [0.3, 0.4) is 0 Å². The topological polar surface area (TPSA) is 104 Å². The Bertz CT molecular complexity index is 986. The molecule has 0 aliphatic carbocycles. The van der Waals surface area contributed by atoms with E-state index < -0.39 is 5.60 Å². The standard InChI is InChI=1S/C21H23N5O2/c22-11-15-1-3-16(4-2-15)20(27)25-13-21(28)7-10-26(14-21)19-6-9-24-18-5-8-23-12-17(18)19/h1-6,8-9,12,28H,7,10-11,13-14,22H2,(H,25,27)/t21-/m0/s1. The highest BCUT2D eigenvalue weighted by molar-refractivity contribution is 5.94. The second-order valence-electron chi connectivity index (χ2n) is 7.20. The fourth-order valence-electron chi connectivity index (χ4n) is 3.60. The number of carbonyl (C=O) groups excluding carboxylic acids is 1. The lowest BCUT2D eigenvalue weighted by Gasteiger charge is -2.25. The summed E-state index contributed by atoms with van der Waals surface area (Å²) in [5, 5.41) is 14.8. The highest BCUT2D eigenvalue weighted by Crippen LogP contribution is 2.31. The van der Waals surface area contributed by atoms with Crippen LogP contribution in [0, 0.1) is 0 Å². The van der Waals surface area contributed by atoms with Crippen LogP contribution in [0.15, 0.2) is 55.0 Å². The number of nitrogens with one attached hydrogen (secondary N) is 1. The Morgan fingerprint density at radius 3 is 2.82 bits per heavy atom. The first-order valence-electron chi connectivity index (χ1n) is 9.31. The molecule has 4 N–H and O–H groups in total. The summed E-state index contributed by atoms with van der Waals surface area (Å²) in [5.41, 5.74) is 8.00. The number of anilines is 1. The number of hydrogen-bond donors (Lipinski definition) is 3. The van der Waals surface area contributed by atoms with Crippen LogP contribution in [0.1, 0.15) is 22.3 Å². The van der Waals surface area contributed by atoms with Gasteiger partial charge in [-0.15, -0.1) is 0 Å². The van der Waals surface area contributed by atoms with E-state index in [0.717, 1.165) is 22.2 Å². The van der Waals surface area contributed by atoms with Crippen molar-refractivity contribution in [2.45, 2.75) is 18.6 Å². The van der Waals surface area contributed by atoms with Crippen LogP contribution >= 0.6 is 0 Å². The van der Waals surface area contributed by atoms with E-state index in [0.29, 0.717) is 31.6 Å². The van der Waals surface area contributed by atoms with E-state index in [4.69, 9.17) is 5.73 Å². The molecular formula is C21H23N5O2. The number of benzene rings is 1. The number of nitrogens with two attached hydrogens (primary N) is 1. The average Bonchev–Trinajstić information content (AvgIpc) is 3.14. The summed E-state index contributed by atoms with van der Waals surface area (Å²) < 4.78 is 0. The van der Waals surface area contributed by atoms with Gasteiger partial charge in [0.1, 0.15) is 5.60 Å². The molecule has 4 rings (SSSR count). The number of amides is 1. The van der Waals surface area contributed by atoms with Crippen LogP contribution < -0.4 is 16.0 Å². The van der Waals surface area contributed by atoms with Gasteiger partial charge in [0.2, 0.25) is 0 Å². The largest absolute Gasteiger partial charge is 0.386 e. The first kappa shape index (κ1) is 18.3. The fraction of sp³-hybridized carbons (Fsp3) is 0.286. The SMILES string of the molecule is NCc1ccc(C(=O)NC[C@@]2(O)CCN(c3ccnc4ccncc34)C2)cc1. The average molecular weight is 377 g/mol. The normalized spacial score (nSPS) is 19.1. The van der Waals surface area contributed by atoms with Crippen LogP contribution in [0.25, 0.3) is 10.9 Å². The van der Waals surface area contributed by atoms with Crippen LogP contribution in [-0.2, 0) is 6.54 Å². The van der Waals surface area contributed by atoms with Gasteiger partial charge in [-0.3, -0.25) is 14.8 Å². The second-order valence-corrected chi connectivity index (χ2v) is 7.20. The van der Waals surface area contributed by atoms with Gasteiger partial charge in [-0.1, -0.05) is 12.1 Å². The van der Waals surface area contributed by atoms with Crippen LogP contribution in [0.4, 0.5) is 5.69 Å². The number of rotatable bonds is 5. The maximum absolute atomic E-state index is 12.4. The van der Waals surface area contributed by atoms with Crippen molar-refractivity contribution in [3.63, 3.8) is 0 Å². The Kier molecular flexibility index (Phi) is 4.93. The molecule has 1 aliphatic rings. The third-order valence-electron chi connectivity index (χ3n) is 5.22. The molecule has 0 saturated carbocycles. The lowest BCUT2D eigenvalue weighted by molar-refractivity contribution is 0.0576. The second kappa shape index (κ2) is 7.53. The first-order valence-corrected chi connectivity index (χ1v) is 9.31. The zero-order valence-corrected chi connectivity index (χ0v) is 15.5. The van der Waals surface area contributed by atoms with Gasteiger partial charge < -0.3 is 21.1 Å². The van der Waals surface area contributed by atoms with E-state index >= 15 is 0 Å². The van der Waals surface area contributed by atoms with E-state index in [9.17, 15) is 9.90 Å². The smallest absolute Gasteiger partial charge is 0.251 e. The minimum atomic E-state index is -0.981. The molecule has 3 heterocycles. The lowest BCUT2D eigenvalue weighted by atomic mass is 10.0. The van der Waals surface area contributed by atoms with E-state index in [2.05, 4.69) is 20.2 Å². The maximum Gasteiger partial charge on any atom is 0.251 e. The Balaban J connectivity index is 1.43. The van der Waals surface area contributed by atoms with Crippen molar-refractivity contribution < 1.29 is 9.90 Å². The van der Waals surface area contributed by atoms with Gasteiger partial charge in [0, 0.05) is 61.4 Å². The Morgan fingerprint density at radius 2 is 2.04 bits per heavy atom. The van der Waals surface area contributed by atoms with Crippen molar-refractivity contribution in [2.24, 2.45) is 5.73 Å². The van der Waals surface area contributed by atoms with Gasteiger partial charge in [0.15, 0.2) is 0 Å². The number of β-amino-alcohol motifs (C(OH)–C–C–N with tert-alkyl or cyclic N) is 1. The molecule has 3 aromatic rings. The van der Waals surface area contributed by atoms with Crippen molar-refractivity contribution in [1.29, 1.82) is 0 Å². The zero-order valence-electron chi connectivity index (χ0n) is 15.5. The molecule has 7 nitrogen and oxygen atoms in total. The highest BCUT2D eigenvalue weighted by atomic mass is 16.3. The van der Waals surface area contributed by atoms with Gasteiger partial charge >= 0.3 is 0 Å². The Hall–Kier alpha value is -3.03. The Morgan fingerprint density at radius 1 is 1.21 bits per heavy atom. The van der Waals surface area contributed by atoms with Gasteiger partial charge in [0.05, 0.1) is 5.52 Å². The van der Waals surface area contributed by atoms with Gasteiger partial charge in [0.25, 0.3) is 5.91 Å². The number of hydrogen-bond acceptors (Lipinski definition) is 6. The van der Waals surface area contributed by atoms with Crippen molar-refractivity contribution in [1.82, 2.24) is 15.3 Å². The predicted molar refractivity (Wildman–Crippen MR) is 108 cm³/mol. The van der Waals surface area contributed by atoms with Crippen molar-refractivity contribution >= 4 is 22.5 Å². The molecule has 2 aromatic heterocycles. The molecule has 1 aliphatic heterocycles. The molecule has 1 saturated heterocycles. The molecule has 1 aromatic carbocycles. The third-order valence-corrected chi connectivity index (χ3v) is 5.22. The number of fused-ring (bicyclic) bond motifs is 1. The lowest BCUT2D eigenvalue weighted by Crippen LogP contribution is -2.45. The molecule has 0 unspecified atom stereocenters. The monoisotopic (exact) mass is 377 g/mol. The molecule has 1 atom stereocenters. The molecule has 28 heavy (non-hydrogen) atoms. The molecule has 0 bridgehead atoms. The Labute approximate surface area is 163 Å². The minimum Gasteiger partial charge on any atom is -0.386 e. The molecule has 0 spiro atoms. The quantitative estimate of drug-likeness (QED) is 0.622. The number of nitrogens with zero attached hydrogens (tertiary/aromatic N) is 3. The minimum absolute atomic E-state index is 0.197.